The Bertz CT molecular complexity index is 619. The van der Waals surface area contributed by atoms with Gasteiger partial charge >= 0.3 is 6.03 Å². The second kappa shape index (κ2) is 9.22. The number of hydrogen-bond donors (Lipinski definition) is 3. The Morgan fingerprint density at radius 1 is 1.17 bits per heavy atom. The van der Waals surface area contributed by atoms with Crippen molar-refractivity contribution in [2.45, 2.75) is 23.8 Å². The molecule has 3 N–H and O–H groups in total. The number of urea groups is 1. The van der Waals surface area contributed by atoms with Crippen LogP contribution in [-0.2, 0) is 0 Å². The van der Waals surface area contributed by atoms with Crippen molar-refractivity contribution in [1.82, 2.24) is 5.32 Å². The van der Waals surface area contributed by atoms with Crippen LogP contribution in [0.4, 0.5) is 10.5 Å². The molecule has 2 aromatic carbocycles. The molecule has 0 spiro atoms. The molecule has 0 saturated heterocycles. The molecular formula is C18H22N2O2S. The summed E-state index contributed by atoms with van der Waals surface area (Å²) in [6.07, 6.45) is 3.33. The van der Waals surface area contributed by atoms with Gasteiger partial charge in [0.05, 0.1) is 6.04 Å². The number of carbonyl (C=O) groups is 1. The van der Waals surface area contributed by atoms with Gasteiger partial charge in [0, 0.05) is 17.2 Å². The quantitative estimate of drug-likeness (QED) is 0.671. The van der Waals surface area contributed by atoms with Gasteiger partial charge in [0.2, 0.25) is 0 Å². The maximum absolute atomic E-state index is 12.3. The van der Waals surface area contributed by atoms with Gasteiger partial charge in [-0.2, -0.15) is 0 Å². The predicted molar refractivity (Wildman–Crippen MR) is 95.9 cm³/mol. The molecule has 23 heavy (non-hydrogen) atoms. The summed E-state index contributed by atoms with van der Waals surface area (Å²) >= 11 is 1.63. The van der Waals surface area contributed by atoms with Crippen LogP contribution >= 0.6 is 11.8 Å². The number of rotatable bonds is 7. The van der Waals surface area contributed by atoms with Gasteiger partial charge in [0.1, 0.15) is 0 Å². The zero-order valence-corrected chi connectivity index (χ0v) is 14.0. The van der Waals surface area contributed by atoms with Crippen LogP contribution in [0.5, 0.6) is 0 Å². The third-order valence-electron chi connectivity index (χ3n) is 3.49. The summed E-state index contributed by atoms with van der Waals surface area (Å²) in [5.41, 5.74) is 1.80. The fraction of sp³-hybridized carbons (Fsp3) is 0.278. The lowest BCUT2D eigenvalue weighted by molar-refractivity contribution is 0.244. The summed E-state index contributed by atoms with van der Waals surface area (Å²) in [6.45, 7) is 0.113. The third kappa shape index (κ3) is 5.62. The molecule has 0 fully saturated rings. The number of carbonyl (C=O) groups excluding carboxylic acids is 1. The normalized spacial score (nSPS) is 11.7. The van der Waals surface area contributed by atoms with E-state index in [-0.39, 0.29) is 18.7 Å². The molecule has 0 unspecified atom stereocenters. The molecular weight excluding hydrogens is 308 g/mol. The number of aliphatic hydroxyl groups excluding tert-OH is 1. The molecule has 0 bridgehead atoms. The van der Waals surface area contributed by atoms with Crippen LogP contribution in [0.3, 0.4) is 0 Å². The summed E-state index contributed by atoms with van der Waals surface area (Å²) in [6, 6.07) is 17.2. The first-order valence-corrected chi connectivity index (χ1v) is 8.83. The van der Waals surface area contributed by atoms with E-state index in [1.54, 1.807) is 11.8 Å². The smallest absolute Gasteiger partial charge is 0.319 e. The van der Waals surface area contributed by atoms with Crippen LogP contribution in [0.25, 0.3) is 0 Å². The monoisotopic (exact) mass is 330 g/mol. The van der Waals surface area contributed by atoms with Gasteiger partial charge in [-0.05, 0) is 42.9 Å². The number of anilines is 1. The lowest BCUT2D eigenvalue weighted by Gasteiger charge is -2.19. The highest BCUT2D eigenvalue weighted by molar-refractivity contribution is 7.98. The maximum Gasteiger partial charge on any atom is 0.319 e. The van der Waals surface area contributed by atoms with Crippen molar-refractivity contribution in [2.24, 2.45) is 0 Å². The first kappa shape index (κ1) is 17.4. The van der Waals surface area contributed by atoms with E-state index in [4.69, 9.17) is 5.11 Å². The summed E-state index contributed by atoms with van der Waals surface area (Å²) < 4.78 is 0. The Morgan fingerprint density at radius 2 is 1.96 bits per heavy atom. The molecule has 4 nitrogen and oxygen atoms in total. The highest BCUT2D eigenvalue weighted by Crippen LogP contribution is 2.20. The second-order valence-electron chi connectivity index (χ2n) is 5.16. The van der Waals surface area contributed by atoms with Crippen LogP contribution in [-0.4, -0.2) is 24.0 Å². The number of aliphatic hydroxyl groups is 1. The molecule has 0 aliphatic heterocycles. The van der Waals surface area contributed by atoms with Crippen LogP contribution in [0.15, 0.2) is 59.5 Å². The number of nitrogens with one attached hydrogen (secondary N) is 2. The van der Waals surface area contributed by atoms with Crippen LogP contribution in [0, 0.1) is 0 Å². The molecule has 2 amide bonds. The Labute approximate surface area is 141 Å². The first-order valence-electron chi connectivity index (χ1n) is 7.60. The van der Waals surface area contributed by atoms with E-state index in [9.17, 15) is 4.79 Å². The Balaban J connectivity index is 2.02. The lowest BCUT2D eigenvalue weighted by Crippen LogP contribution is -2.32. The number of hydrogen-bond acceptors (Lipinski definition) is 3. The number of benzene rings is 2. The van der Waals surface area contributed by atoms with Gasteiger partial charge in [-0.1, -0.05) is 36.4 Å². The summed E-state index contributed by atoms with van der Waals surface area (Å²) in [7, 11) is 0. The summed E-state index contributed by atoms with van der Waals surface area (Å²) in [5, 5.41) is 14.9. The van der Waals surface area contributed by atoms with E-state index in [1.807, 2.05) is 60.9 Å². The fourth-order valence-electron chi connectivity index (χ4n) is 2.33. The van der Waals surface area contributed by atoms with Gasteiger partial charge in [0.15, 0.2) is 0 Å². The van der Waals surface area contributed by atoms with Crippen molar-refractivity contribution in [3.63, 3.8) is 0 Å². The Kier molecular flexibility index (Phi) is 6.97. The summed E-state index contributed by atoms with van der Waals surface area (Å²) in [5.74, 6) is 0. The van der Waals surface area contributed by atoms with Crippen molar-refractivity contribution < 1.29 is 9.90 Å². The zero-order chi connectivity index (χ0) is 16.5. The minimum Gasteiger partial charge on any atom is -0.396 e. The molecule has 0 radical (unpaired) electrons. The van der Waals surface area contributed by atoms with E-state index in [0.717, 1.165) is 16.1 Å². The van der Waals surface area contributed by atoms with E-state index in [2.05, 4.69) is 10.6 Å². The number of amides is 2. The molecule has 0 aliphatic carbocycles. The SMILES string of the molecule is CSc1cccc(NC(=O)N[C@@H](CCCO)c2ccccc2)c1. The average Bonchev–Trinajstić information content (AvgIpc) is 2.59. The summed E-state index contributed by atoms with van der Waals surface area (Å²) in [4.78, 5) is 13.4. The highest BCUT2D eigenvalue weighted by Gasteiger charge is 2.14. The molecule has 2 aromatic rings. The van der Waals surface area contributed by atoms with E-state index in [0.29, 0.717) is 12.8 Å². The van der Waals surface area contributed by atoms with Gasteiger partial charge in [-0.3, -0.25) is 0 Å². The largest absolute Gasteiger partial charge is 0.396 e. The fourth-order valence-corrected chi connectivity index (χ4v) is 2.79. The molecule has 5 heteroatoms. The van der Waals surface area contributed by atoms with Gasteiger partial charge in [0.25, 0.3) is 0 Å². The van der Waals surface area contributed by atoms with Crippen molar-refractivity contribution in [3.05, 3.63) is 60.2 Å². The maximum atomic E-state index is 12.3. The minimum absolute atomic E-state index is 0.113. The van der Waals surface area contributed by atoms with E-state index >= 15 is 0 Å². The van der Waals surface area contributed by atoms with E-state index < -0.39 is 0 Å². The van der Waals surface area contributed by atoms with E-state index in [1.165, 1.54) is 0 Å². The van der Waals surface area contributed by atoms with Crippen molar-refractivity contribution in [2.75, 3.05) is 18.2 Å². The Hall–Kier alpha value is -1.98. The lowest BCUT2D eigenvalue weighted by atomic mass is 10.0. The molecule has 0 heterocycles. The second-order valence-corrected chi connectivity index (χ2v) is 6.04. The van der Waals surface area contributed by atoms with Crippen LogP contribution < -0.4 is 10.6 Å². The average molecular weight is 330 g/mol. The topological polar surface area (TPSA) is 61.4 Å². The zero-order valence-electron chi connectivity index (χ0n) is 13.2. The van der Waals surface area contributed by atoms with Gasteiger partial charge < -0.3 is 15.7 Å². The first-order chi connectivity index (χ1) is 11.2. The molecule has 2 rings (SSSR count). The molecule has 0 aromatic heterocycles. The standard InChI is InChI=1S/C18H22N2O2S/c1-23-16-10-5-9-15(13-16)19-18(22)20-17(11-6-12-21)14-7-3-2-4-8-14/h2-5,7-10,13,17,21H,6,11-12H2,1H3,(H2,19,20,22)/t17-/m0/s1. The van der Waals surface area contributed by atoms with Gasteiger partial charge in [-0.15, -0.1) is 11.8 Å². The van der Waals surface area contributed by atoms with Crippen LogP contribution in [0.1, 0.15) is 24.4 Å². The molecule has 122 valence electrons. The third-order valence-corrected chi connectivity index (χ3v) is 4.21. The van der Waals surface area contributed by atoms with Gasteiger partial charge in [-0.25, -0.2) is 4.79 Å². The van der Waals surface area contributed by atoms with Crippen molar-refractivity contribution in [1.29, 1.82) is 0 Å². The molecule has 1 atom stereocenters. The Morgan fingerprint density at radius 3 is 2.65 bits per heavy atom. The minimum atomic E-state index is -0.241. The highest BCUT2D eigenvalue weighted by atomic mass is 32.2. The predicted octanol–water partition coefficient (Wildman–Crippen LogP) is 4.04. The van der Waals surface area contributed by atoms with Crippen molar-refractivity contribution in [3.8, 4) is 0 Å². The number of thioether (sulfide) groups is 1. The molecule has 0 saturated carbocycles. The van der Waals surface area contributed by atoms with Crippen LogP contribution in [0.2, 0.25) is 0 Å². The molecule has 0 aliphatic rings. The van der Waals surface area contributed by atoms with Crippen molar-refractivity contribution >= 4 is 23.5 Å².